The quantitative estimate of drug-likeness (QED) is 0.807. The van der Waals surface area contributed by atoms with Crippen LogP contribution in [0.3, 0.4) is 0 Å². The molecule has 0 radical (unpaired) electrons. The van der Waals surface area contributed by atoms with Gasteiger partial charge in [0.1, 0.15) is 0 Å². The summed E-state index contributed by atoms with van der Waals surface area (Å²) in [6, 6.07) is 8.68. The number of amides is 1. The molecule has 26 heavy (non-hydrogen) atoms. The van der Waals surface area contributed by atoms with Crippen LogP contribution in [0.25, 0.3) is 0 Å². The van der Waals surface area contributed by atoms with Crippen LogP contribution in [0.4, 0.5) is 5.69 Å². The summed E-state index contributed by atoms with van der Waals surface area (Å²) in [4.78, 5) is 16.4. The first kappa shape index (κ1) is 20.5. The molecular weight excluding hydrogens is 377 g/mol. The van der Waals surface area contributed by atoms with Crippen molar-refractivity contribution < 1.29 is 14.3 Å². The van der Waals surface area contributed by atoms with E-state index >= 15 is 0 Å². The van der Waals surface area contributed by atoms with Gasteiger partial charge in [0, 0.05) is 47.2 Å². The van der Waals surface area contributed by atoms with Crippen LogP contribution in [0, 0.1) is 0 Å². The number of nitrogens with one attached hydrogen (secondary N) is 2. The van der Waals surface area contributed by atoms with Crippen LogP contribution in [-0.4, -0.2) is 37.2 Å². The lowest BCUT2D eigenvalue weighted by Gasteiger charge is -2.25. The maximum absolute atomic E-state index is 12.4. The first-order valence-electron chi connectivity index (χ1n) is 8.19. The average molecular weight is 398 g/mol. The molecule has 0 unspecified atom stereocenters. The minimum absolute atomic E-state index is 0. The molecule has 1 atom stereocenters. The Morgan fingerprint density at radius 3 is 2.96 bits per heavy atom. The molecule has 1 aliphatic rings. The third-order valence-electron chi connectivity index (χ3n) is 3.82. The highest BCUT2D eigenvalue weighted by Crippen LogP contribution is 2.29. The van der Waals surface area contributed by atoms with E-state index < -0.39 is 0 Å². The predicted molar refractivity (Wildman–Crippen MR) is 104 cm³/mol. The van der Waals surface area contributed by atoms with Crippen LogP contribution in [-0.2, 0) is 4.74 Å². The Morgan fingerprint density at radius 2 is 2.27 bits per heavy atom. The zero-order chi connectivity index (χ0) is 17.6. The lowest BCUT2D eigenvalue weighted by atomic mass is 10.1. The van der Waals surface area contributed by atoms with Gasteiger partial charge in [-0.3, -0.25) is 4.79 Å². The Bertz CT molecular complexity index is 752. The van der Waals surface area contributed by atoms with Crippen LogP contribution >= 0.6 is 24.0 Å². The van der Waals surface area contributed by atoms with E-state index in [2.05, 4.69) is 15.6 Å². The highest BCUT2D eigenvalue weighted by molar-refractivity contribution is 6.31. The van der Waals surface area contributed by atoms with Gasteiger partial charge < -0.3 is 20.1 Å². The van der Waals surface area contributed by atoms with Crippen molar-refractivity contribution >= 4 is 35.6 Å². The molecule has 140 valence electrons. The van der Waals surface area contributed by atoms with E-state index in [1.54, 1.807) is 24.4 Å². The fraction of sp³-hybridized carbons (Fsp3) is 0.333. The number of anilines is 1. The molecule has 2 N–H and O–H groups in total. The Balaban J connectivity index is 0.00000243. The molecule has 1 aromatic heterocycles. The second kappa shape index (κ2) is 9.73. The number of halogens is 2. The van der Waals surface area contributed by atoms with Gasteiger partial charge in [0.2, 0.25) is 5.88 Å². The smallest absolute Gasteiger partial charge is 0.255 e. The number of rotatable bonds is 5. The van der Waals surface area contributed by atoms with E-state index in [9.17, 15) is 4.79 Å². The number of hydrogen-bond acceptors (Lipinski definition) is 5. The highest BCUT2D eigenvalue weighted by atomic mass is 35.5. The van der Waals surface area contributed by atoms with Crippen molar-refractivity contribution in [3.8, 4) is 5.88 Å². The summed E-state index contributed by atoms with van der Waals surface area (Å²) >= 11 is 6.37. The average Bonchev–Trinajstić information content (AvgIpc) is 2.63. The number of carbonyl (C=O) groups is 1. The third kappa shape index (κ3) is 5.08. The monoisotopic (exact) mass is 397 g/mol. The molecule has 3 rings (SSSR count). The normalized spacial score (nSPS) is 16.5. The number of pyridine rings is 1. The first-order valence-corrected chi connectivity index (χ1v) is 8.57. The first-order chi connectivity index (χ1) is 12.2. The van der Waals surface area contributed by atoms with Crippen molar-refractivity contribution in [1.82, 2.24) is 10.3 Å². The SMILES string of the molecule is CCOc1cc(C(=O)Nc2ccc([C@@H]3CNCCO3)c(Cl)c2)ccn1.Cl. The summed E-state index contributed by atoms with van der Waals surface area (Å²) < 4.78 is 11.0. The molecule has 8 heteroatoms. The van der Waals surface area contributed by atoms with Crippen LogP contribution in [0.2, 0.25) is 5.02 Å². The largest absolute Gasteiger partial charge is 0.478 e. The minimum atomic E-state index is -0.247. The van der Waals surface area contributed by atoms with E-state index in [0.717, 1.165) is 18.7 Å². The number of aromatic nitrogens is 1. The predicted octanol–water partition coefficient (Wildman–Crippen LogP) is 3.47. The molecule has 0 saturated carbocycles. The van der Waals surface area contributed by atoms with Crippen molar-refractivity contribution in [3.05, 3.63) is 52.7 Å². The second-order valence-corrected chi connectivity index (χ2v) is 5.98. The van der Waals surface area contributed by atoms with Crippen molar-refractivity contribution in [2.45, 2.75) is 13.0 Å². The third-order valence-corrected chi connectivity index (χ3v) is 4.15. The van der Waals surface area contributed by atoms with Gasteiger partial charge in [0.05, 0.1) is 19.3 Å². The zero-order valence-electron chi connectivity index (χ0n) is 14.3. The van der Waals surface area contributed by atoms with Crippen LogP contribution < -0.4 is 15.4 Å². The van der Waals surface area contributed by atoms with E-state index in [1.165, 1.54) is 0 Å². The maximum atomic E-state index is 12.4. The van der Waals surface area contributed by atoms with E-state index in [1.807, 2.05) is 19.1 Å². The number of morpholine rings is 1. The van der Waals surface area contributed by atoms with Gasteiger partial charge in [0.25, 0.3) is 5.91 Å². The summed E-state index contributed by atoms with van der Waals surface area (Å²) in [5, 5.41) is 6.67. The van der Waals surface area contributed by atoms with Gasteiger partial charge in [0.15, 0.2) is 0 Å². The standard InChI is InChI=1S/C18H20ClN3O3.ClH/c1-2-24-17-9-12(5-6-21-17)18(23)22-13-3-4-14(15(19)10-13)16-11-20-7-8-25-16;/h3-6,9-10,16,20H,2,7-8,11H2,1H3,(H,22,23);1H/t16-;/m0./s1. The molecule has 0 spiro atoms. The van der Waals surface area contributed by atoms with Crippen LogP contribution in [0.5, 0.6) is 5.88 Å². The van der Waals surface area contributed by atoms with Crippen molar-refractivity contribution in [2.24, 2.45) is 0 Å². The number of hydrogen-bond donors (Lipinski definition) is 2. The Hall–Kier alpha value is -1.86. The maximum Gasteiger partial charge on any atom is 0.255 e. The van der Waals surface area contributed by atoms with Crippen LogP contribution in [0.1, 0.15) is 28.9 Å². The number of ether oxygens (including phenoxy) is 2. The molecular formula is C18H21Cl2N3O3. The highest BCUT2D eigenvalue weighted by Gasteiger charge is 2.19. The fourth-order valence-corrected chi connectivity index (χ4v) is 2.91. The van der Waals surface area contributed by atoms with Gasteiger partial charge in [-0.2, -0.15) is 0 Å². The molecule has 1 saturated heterocycles. The van der Waals surface area contributed by atoms with Crippen molar-refractivity contribution in [3.63, 3.8) is 0 Å². The van der Waals surface area contributed by atoms with Crippen molar-refractivity contribution in [2.75, 3.05) is 31.6 Å². The lowest BCUT2D eigenvalue weighted by Crippen LogP contribution is -2.33. The molecule has 1 aliphatic heterocycles. The summed E-state index contributed by atoms with van der Waals surface area (Å²) in [7, 11) is 0. The topological polar surface area (TPSA) is 72.5 Å². The molecule has 0 aliphatic carbocycles. The fourth-order valence-electron chi connectivity index (χ4n) is 2.61. The van der Waals surface area contributed by atoms with Gasteiger partial charge in [-0.15, -0.1) is 12.4 Å². The van der Waals surface area contributed by atoms with E-state index in [0.29, 0.717) is 35.4 Å². The Labute approximate surface area is 163 Å². The van der Waals surface area contributed by atoms with Gasteiger partial charge >= 0.3 is 0 Å². The zero-order valence-corrected chi connectivity index (χ0v) is 15.9. The summed E-state index contributed by atoms with van der Waals surface area (Å²) in [5.41, 5.74) is 2.00. The lowest BCUT2D eigenvalue weighted by molar-refractivity contribution is 0.0278. The second-order valence-electron chi connectivity index (χ2n) is 5.57. The minimum Gasteiger partial charge on any atom is -0.478 e. The summed E-state index contributed by atoms with van der Waals surface area (Å²) in [6.07, 6.45) is 1.48. The molecule has 2 heterocycles. The molecule has 1 aromatic carbocycles. The number of nitrogens with zero attached hydrogens (tertiary/aromatic N) is 1. The van der Waals surface area contributed by atoms with E-state index in [-0.39, 0.29) is 24.4 Å². The molecule has 0 bridgehead atoms. The summed E-state index contributed by atoms with van der Waals surface area (Å²) in [6.45, 7) is 4.58. The summed E-state index contributed by atoms with van der Waals surface area (Å²) in [5.74, 6) is 0.174. The van der Waals surface area contributed by atoms with Crippen LogP contribution in [0.15, 0.2) is 36.5 Å². The molecule has 6 nitrogen and oxygen atoms in total. The molecule has 1 fully saturated rings. The Kier molecular flexibility index (Phi) is 7.66. The van der Waals surface area contributed by atoms with Gasteiger partial charge in [-0.1, -0.05) is 17.7 Å². The van der Waals surface area contributed by atoms with E-state index in [4.69, 9.17) is 21.1 Å². The number of carbonyl (C=O) groups excluding carboxylic acids is 1. The Morgan fingerprint density at radius 1 is 1.42 bits per heavy atom. The van der Waals surface area contributed by atoms with Gasteiger partial charge in [-0.05, 0) is 25.1 Å². The number of benzene rings is 1. The van der Waals surface area contributed by atoms with Crippen molar-refractivity contribution in [1.29, 1.82) is 0 Å². The van der Waals surface area contributed by atoms with Gasteiger partial charge in [-0.25, -0.2) is 4.98 Å². The molecule has 2 aromatic rings. The molecule has 1 amide bonds.